The lowest BCUT2D eigenvalue weighted by molar-refractivity contribution is 0.302. The Bertz CT molecular complexity index is 434. The average Bonchev–Trinajstić information content (AvgIpc) is 2.42. The van der Waals surface area contributed by atoms with Crippen LogP contribution in [0.4, 0.5) is 4.39 Å². The maximum absolute atomic E-state index is 13.2. The molecule has 0 saturated carbocycles. The normalized spacial score (nSPS) is 9.84. The topological polar surface area (TPSA) is 35.2 Å². The molecule has 0 spiro atoms. The number of ether oxygens (including phenoxy) is 1. The second-order valence-corrected chi connectivity index (χ2v) is 4.41. The number of hydrogen-bond acceptors (Lipinski definition) is 2. The number of hydrogen-bond donors (Lipinski definition) is 1. The van der Waals surface area contributed by atoms with Crippen LogP contribution in [-0.4, -0.2) is 13.2 Å². The fourth-order valence-electron chi connectivity index (χ4n) is 1.75. The lowest BCUT2D eigenvalue weighted by Crippen LogP contribution is -2.00. The molecule has 0 radical (unpaired) electrons. The largest absolute Gasteiger partial charge is 0.492 e. The maximum atomic E-state index is 13.2. The van der Waals surface area contributed by atoms with Crippen LogP contribution in [0.15, 0.2) is 18.2 Å². The van der Waals surface area contributed by atoms with Crippen molar-refractivity contribution in [2.75, 3.05) is 13.2 Å². The van der Waals surface area contributed by atoms with E-state index in [1.807, 2.05) is 0 Å². The van der Waals surface area contributed by atoms with E-state index in [0.717, 1.165) is 12.8 Å². The van der Waals surface area contributed by atoms with Crippen molar-refractivity contribution in [2.45, 2.75) is 39.0 Å². The third-order valence-electron chi connectivity index (χ3n) is 2.77. The van der Waals surface area contributed by atoms with Crippen LogP contribution in [0.1, 0.15) is 44.6 Å². The quantitative estimate of drug-likeness (QED) is 0.604. The average molecular weight is 263 g/mol. The summed E-state index contributed by atoms with van der Waals surface area (Å²) in [5.41, 5.74) is 6.03. The fourth-order valence-corrected chi connectivity index (χ4v) is 1.75. The summed E-state index contributed by atoms with van der Waals surface area (Å²) in [4.78, 5) is 0. The molecule has 0 saturated heterocycles. The van der Waals surface area contributed by atoms with Gasteiger partial charge in [-0.1, -0.05) is 44.4 Å². The predicted octanol–water partition coefficient (Wildman–Crippen LogP) is 3.49. The Kier molecular flexibility index (Phi) is 7.69. The van der Waals surface area contributed by atoms with Gasteiger partial charge in [0.15, 0.2) is 0 Å². The minimum absolute atomic E-state index is 0.286. The van der Waals surface area contributed by atoms with E-state index in [4.69, 9.17) is 10.5 Å². The van der Waals surface area contributed by atoms with Crippen molar-refractivity contribution in [3.8, 4) is 17.6 Å². The Hall–Kier alpha value is -1.53. The maximum Gasteiger partial charge on any atom is 0.137 e. The smallest absolute Gasteiger partial charge is 0.137 e. The summed E-state index contributed by atoms with van der Waals surface area (Å²) in [7, 11) is 0. The van der Waals surface area contributed by atoms with E-state index in [1.54, 1.807) is 6.07 Å². The van der Waals surface area contributed by atoms with E-state index in [2.05, 4.69) is 18.8 Å². The van der Waals surface area contributed by atoms with Gasteiger partial charge in [0, 0.05) is 6.07 Å². The number of rotatable bonds is 7. The number of unbranched alkanes of at least 4 members (excludes halogenated alkanes) is 4. The molecule has 2 nitrogen and oxygen atoms in total. The fraction of sp³-hybridized carbons (Fsp3) is 0.500. The van der Waals surface area contributed by atoms with E-state index in [9.17, 15) is 4.39 Å². The van der Waals surface area contributed by atoms with E-state index in [0.29, 0.717) is 17.9 Å². The van der Waals surface area contributed by atoms with Crippen molar-refractivity contribution in [1.29, 1.82) is 0 Å². The summed E-state index contributed by atoms with van der Waals surface area (Å²) in [6, 6.07) is 4.39. The van der Waals surface area contributed by atoms with Gasteiger partial charge in [-0.05, 0) is 18.6 Å². The minimum Gasteiger partial charge on any atom is -0.492 e. The summed E-state index contributed by atoms with van der Waals surface area (Å²) >= 11 is 0. The molecule has 0 heterocycles. The zero-order valence-electron chi connectivity index (χ0n) is 11.5. The van der Waals surface area contributed by atoms with Crippen LogP contribution in [0.3, 0.4) is 0 Å². The molecule has 0 fully saturated rings. The third kappa shape index (κ3) is 6.26. The van der Waals surface area contributed by atoms with E-state index < -0.39 is 0 Å². The second kappa shape index (κ2) is 9.41. The first-order chi connectivity index (χ1) is 9.27. The van der Waals surface area contributed by atoms with Gasteiger partial charge in [-0.2, -0.15) is 0 Å². The van der Waals surface area contributed by atoms with Crippen molar-refractivity contribution in [3.05, 3.63) is 29.6 Å². The van der Waals surface area contributed by atoms with Crippen molar-refractivity contribution < 1.29 is 9.13 Å². The van der Waals surface area contributed by atoms with Crippen LogP contribution in [0.2, 0.25) is 0 Å². The van der Waals surface area contributed by atoms with Crippen molar-refractivity contribution >= 4 is 0 Å². The summed E-state index contributed by atoms with van der Waals surface area (Å²) in [5, 5.41) is 0. The van der Waals surface area contributed by atoms with Gasteiger partial charge in [0.05, 0.1) is 18.7 Å². The molecule has 2 N–H and O–H groups in total. The van der Waals surface area contributed by atoms with E-state index >= 15 is 0 Å². The van der Waals surface area contributed by atoms with E-state index in [1.165, 1.54) is 31.4 Å². The first-order valence-corrected chi connectivity index (χ1v) is 6.89. The molecule has 0 aliphatic heterocycles. The summed E-state index contributed by atoms with van der Waals surface area (Å²) in [6.07, 6.45) is 5.84. The Balaban J connectivity index is 2.49. The van der Waals surface area contributed by atoms with Gasteiger partial charge in [0.1, 0.15) is 11.6 Å². The van der Waals surface area contributed by atoms with Gasteiger partial charge in [0.25, 0.3) is 0 Å². The highest BCUT2D eigenvalue weighted by molar-refractivity contribution is 5.46. The van der Waals surface area contributed by atoms with Crippen LogP contribution in [0.5, 0.6) is 5.75 Å². The van der Waals surface area contributed by atoms with Gasteiger partial charge in [-0.3, -0.25) is 0 Å². The van der Waals surface area contributed by atoms with Crippen molar-refractivity contribution in [1.82, 2.24) is 0 Å². The molecule has 0 atom stereocenters. The van der Waals surface area contributed by atoms with Crippen LogP contribution in [0, 0.1) is 17.7 Å². The first-order valence-electron chi connectivity index (χ1n) is 6.89. The molecule has 104 valence electrons. The highest BCUT2D eigenvalue weighted by Crippen LogP contribution is 2.19. The van der Waals surface area contributed by atoms with Crippen LogP contribution in [0.25, 0.3) is 0 Å². The summed E-state index contributed by atoms with van der Waals surface area (Å²) in [6.45, 7) is 3.07. The van der Waals surface area contributed by atoms with Crippen LogP contribution < -0.4 is 10.5 Å². The lowest BCUT2D eigenvalue weighted by Gasteiger charge is -2.08. The SMILES string of the molecule is CCCCCCCOc1cc(F)ccc1C#CCN. The molecule has 0 bridgehead atoms. The van der Waals surface area contributed by atoms with Gasteiger partial charge in [-0.25, -0.2) is 4.39 Å². The van der Waals surface area contributed by atoms with Gasteiger partial charge >= 0.3 is 0 Å². The molecule has 19 heavy (non-hydrogen) atoms. The second-order valence-electron chi connectivity index (χ2n) is 4.41. The molecular weight excluding hydrogens is 241 g/mol. The molecular formula is C16H22FNO. The Morgan fingerprint density at radius 1 is 1.21 bits per heavy atom. The molecule has 3 heteroatoms. The molecule has 0 unspecified atom stereocenters. The van der Waals surface area contributed by atoms with E-state index in [-0.39, 0.29) is 12.4 Å². The highest BCUT2D eigenvalue weighted by Gasteiger charge is 2.03. The standard InChI is InChI=1S/C16H22FNO/c1-2-3-4-5-6-12-19-16-13-15(17)10-9-14(16)8-7-11-18/h9-10,13H,2-6,11-12,18H2,1H3. The lowest BCUT2D eigenvalue weighted by atomic mass is 10.1. The minimum atomic E-state index is -0.306. The molecule has 1 aromatic rings. The monoisotopic (exact) mass is 263 g/mol. The third-order valence-corrected chi connectivity index (χ3v) is 2.77. The Morgan fingerprint density at radius 3 is 2.74 bits per heavy atom. The molecule has 0 amide bonds. The van der Waals surface area contributed by atoms with Gasteiger partial charge in [-0.15, -0.1) is 0 Å². The van der Waals surface area contributed by atoms with Gasteiger partial charge in [0.2, 0.25) is 0 Å². The number of halogens is 1. The zero-order valence-corrected chi connectivity index (χ0v) is 11.5. The number of benzene rings is 1. The highest BCUT2D eigenvalue weighted by atomic mass is 19.1. The van der Waals surface area contributed by atoms with Crippen molar-refractivity contribution in [3.63, 3.8) is 0 Å². The van der Waals surface area contributed by atoms with Crippen LogP contribution >= 0.6 is 0 Å². The molecule has 0 aromatic heterocycles. The van der Waals surface area contributed by atoms with Crippen LogP contribution in [-0.2, 0) is 0 Å². The predicted molar refractivity (Wildman–Crippen MR) is 76.6 cm³/mol. The first kappa shape index (κ1) is 15.5. The zero-order chi connectivity index (χ0) is 13.9. The van der Waals surface area contributed by atoms with Gasteiger partial charge < -0.3 is 10.5 Å². The Labute approximate surface area is 115 Å². The van der Waals surface area contributed by atoms with Crippen molar-refractivity contribution in [2.24, 2.45) is 5.73 Å². The Morgan fingerprint density at radius 2 is 2.00 bits per heavy atom. The molecule has 1 aromatic carbocycles. The summed E-state index contributed by atoms with van der Waals surface area (Å²) < 4.78 is 18.8. The number of nitrogens with two attached hydrogens (primary N) is 1. The molecule has 0 aliphatic rings. The molecule has 0 aliphatic carbocycles. The summed E-state index contributed by atoms with van der Waals surface area (Å²) in [5.74, 6) is 5.86. The molecule has 1 rings (SSSR count).